The highest BCUT2D eigenvalue weighted by Crippen LogP contribution is 2.18. The van der Waals surface area contributed by atoms with E-state index in [1.165, 1.54) is 16.7 Å². The number of carbonyl (C=O) groups excluding carboxylic acids is 1. The van der Waals surface area contributed by atoms with E-state index in [4.69, 9.17) is 0 Å². The van der Waals surface area contributed by atoms with Gasteiger partial charge in [-0.3, -0.25) is 4.79 Å². The fourth-order valence-corrected chi connectivity index (χ4v) is 2.20. The third kappa shape index (κ3) is 4.32. The van der Waals surface area contributed by atoms with Crippen LogP contribution in [-0.2, 0) is 11.2 Å². The van der Waals surface area contributed by atoms with Crippen LogP contribution in [0.5, 0.6) is 0 Å². The number of hydrogen-bond acceptors (Lipinski definition) is 1. The van der Waals surface area contributed by atoms with Crippen molar-refractivity contribution in [3.05, 3.63) is 77.4 Å². The van der Waals surface area contributed by atoms with Crippen LogP contribution in [0.4, 0.5) is 5.69 Å². The van der Waals surface area contributed by atoms with E-state index in [-0.39, 0.29) is 5.91 Å². The fraction of sp³-hybridized carbons (Fsp3) is 0.250. The lowest BCUT2D eigenvalue weighted by atomic mass is 9.99. The van der Waals surface area contributed by atoms with Crippen molar-refractivity contribution in [1.82, 2.24) is 0 Å². The highest BCUT2D eigenvalue weighted by molar-refractivity contribution is 6.02. The Bertz CT molecular complexity index is 651. The largest absolute Gasteiger partial charge is 0.322 e. The van der Waals surface area contributed by atoms with Gasteiger partial charge in [0.1, 0.15) is 0 Å². The van der Waals surface area contributed by atoms with Crippen molar-refractivity contribution in [2.24, 2.45) is 0 Å². The van der Waals surface area contributed by atoms with Crippen molar-refractivity contribution >= 4 is 11.6 Å². The number of rotatable bonds is 5. The van der Waals surface area contributed by atoms with Crippen LogP contribution >= 0.6 is 0 Å². The Labute approximate surface area is 132 Å². The van der Waals surface area contributed by atoms with Crippen molar-refractivity contribution in [2.75, 3.05) is 5.32 Å². The summed E-state index contributed by atoms with van der Waals surface area (Å²) in [5.41, 5.74) is 5.19. The maximum atomic E-state index is 11.6. The standard InChI is InChI=1S/C20H23NO/c1-14(2)18-9-5-16(6-10-18)13-17-7-11-19(12-8-17)21-20(22)15(3)4/h5-12,14H,3,13H2,1-2,4H3,(H,21,22). The molecule has 2 nitrogen and oxygen atoms in total. The first-order chi connectivity index (χ1) is 10.5. The van der Waals surface area contributed by atoms with Gasteiger partial charge in [0, 0.05) is 11.3 Å². The van der Waals surface area contributed by atoms with Gasteiger partial charge in [-0.2, -0.15) is 0 Å². The summed E-state index contributed by atoms with van der Waals surface area (Å²) in [7, 11) is 0. The van der Waals surface area contributed by atoms with E-state index in [0.717, 1.165) is 12.1 Å². The number of benzene rings is 2. The summed E-state index contributed by atoms with van der Waals surface area (Å²) in [4.78, 5) is 11.6. The quantitative estimate of drug-likeness (QED) is 0.779. The molecule has 0 heterocycles. The Balaban J connectivity index is 2.01. The number of nitrogens with one attached hydrogen (secondary N) is 1. The molecular formula is C20H23NO. The van der Waals surface area contributed by atoms with Gasteiger partial charge >= 0.3 is 0 Å². The Morgan fingerprint density at radius 3 is 1.95 bits per heavy atom. The van der Waals surface area contributed by atoms with Crippen LogP contribution < -0.4 is 5.32 Å². The van der Waals surface area contributed by atoms with Crippen LogP contribution in [0.25, 0.3) is 0 Å². The van der Waals surface area contributed by atoms with E-state index in [1.54, 1.807) is 6.92 Å². The molecule has 0 saturated carbocycles. The smallest absolute Gasteiger partial charge is 0.250 e. The van der Waals surface area contributed by atoms with Crippen LogP contribution in [-0.4, -0.2) is 5.91 Å². The van der Waals surface area contributed by atoms with E-state index in [2.05, 4.69) is 50.0 Å². The molecule has 114 valence electrons. The highest BCUT2D eigenvalue weighted by atomic mass is 16.1. The lowest BCUT2D eigenvalue weighted by Crippen LogP contribution is -2.11. The topological polar surface area (TPSA) is 29.1 Å². The van der Waals surface area contributed by atoms with E-state index >= 15 is 0 Å². The van der Waals surface area contributed by atoms with Crippen molar-refractivity contribution in [2.45, 2.75) is 33.1 Å². The molecule has 0 radical (unpaired) electrons. The van der Waals surface area contributed by atoms with Gasteiger partial charge in [0.25, 0.3) is 5.91 Å². The zero-order valence-electron chi connectivity index (χ0n) is 13.5. The molecule has 2 heteroatoms. The van der Waals surface area contributed by atoms with Gasteiger partial charge in [-0.15, -0.1) is 0 Å². The minimum absolute atomic E-state index is 0.142. The predicted octanol–water partition coefficient (Wildman–Crippen LogP) is 4.92. The molecule has 0 atom stereocenters. The third-order valence-corrected chi connectivity index (χ3v) is 3.65. The first-order valence-corrected chi connectivity index (χ1v) is 7.60. The molecule has 0 aliphatic rings. The van der Waals surface area contributed by atoms with Crippen LogP contribution in [0.15, 0.2) is 60.7 Å². The first kappa shape index (κ1) is 16.0. The molecule has 1 amide bonds. The van der Waals surface area contributed by atoms with Crippen molar-refractivity contribution in [1.29, 1.82) is 0 Å². The Morgan fingerprint density at radius 2 is 1.50 bits per heavy atom. The van der Waals surface area contributed by atoms with Crippen molar-refractivity contribution in [3.63, 3.8) is 0 Å². The van der Waals surface area contributed by atoms with E-state index < -0.39 is 0 Å². The van der Waals surface area contributed by atoms with Crippen molar-refractivity contribution in [3.8, 4) is 0 Å². The van der Waals surface area contributed by atoms with Gasteiger partial charge in [0.15, 0.2) is 0 Å². The normalized spacial score (nSPS) is 10.5. The maximum absolute atomic E-state index is 11.6. The predicted molar refractivity (Wildman–Crippen MR) is 93.2 cm³/mol. The number of anilines is 1. The summed E-state index contributed by atoms with van der Waals surface area (Å²) in [5, 5.41) is 2.81. The average molecular weight is 293 g/mol. The molecule has 0 fully saturated rings. The maximum Gasteiger partial charge on any atom is 0.250 e. The molecule has 0 aliphatic heterocycles. The lowest BCUT2D eigenvalue weighted by molar-refractivity contribution is -0.112. The van der Waals surface area contributed by atoms with Crippen LogP contribution in [0.3, 0.4) is 0 Å². The van der Waals surface area contributed by atoms with Gasteiger partial charge in [0.2, 0.25) is 0 Å². The molecule has 0 aliphatic carbocycles. The minimum atomic E-state index is -0.142. The molecule has 1 N–H and O–H groups in total. The Hall–Kier alpha value is -2.35. The highest BCUT2D eigenvalue weighted by Gasteiger charge is 2.03. The van der Waals surface area contributed by atoms with Crippen molar-refractivity contribution < 1.29 is 4.79 Å². The molecule has 0 spiro atoms. The van der Waals surface area contributed by atoms with E-state index in [0.29, 0.717) is 11.5 Å². The summed E-state index contributed by atoms with van der Waals surface area (Å²) < 4.78 is 0. The molecule has 2 aromatic rings. The van der Waals surface area contributed by atoms with Gasteiger partial charge in [0.05, 0.1) is 0 Å². The first-order valence-electron chi connectivity index (χ1n) is 7.60. The molecule has 2 aromatic carbocycles. The lowest BCUT2D eigenvalue weighted by Gasteiger charge is -2.08. The van der Waals surface area contributed by atoms with Crippen LogP contribution in [0.2, 0.25) is 0 Å². The summed E-state index contributed by atoms with van der Waals surface area (Å²) in [6.07, 6.45) is 0.896. The molecule has 0 unspecified atom stereocenters. The monoisotopic (exact) mass is 293 g/mol. The third-order valence-electron chi connectivity index (χ3n) is 3.65. The van der Waals surface area contributed by atoms with Gasteiger partial charge in [-0.25, -0.2) is 0 Å². The van der Waals surface area contributed by atoms with Gasteiger partial charge in [-0.1, -0.05) is 56.8 Å². The Kier molecular flexibility index (Phi) is 5.16. The summed E-state index contributed by atoms with van der Waals surface area (Å²) in [6, 6.07) is 16.7. The second-order valence-electron chi connectivity index (χ2n) is 6.00. The zero-order valence-corrected chi connectivity index (χ0v) is 13.5. The molecular weight excluding hydrogens is 270 g/mol. The van der Waals surface area contributed by atoms with Gasteiger partial charge in [-0.05, 0) is 48.1 Å². The summed E-state index contributed by atoms with van der Waals surface area (Å²) in [6.45, 7) is 9.73. The van der Waals surface area contributed by atoms with E-state index in [1.807, 2.05) is 24.3 Å². The van der Waals surface area contributed by atoms with E-state index in [9.17, 15) is 4.79 Å². The second-order valence-corrected chi connectivity index (χ2v) is 6.00. The summed E-state index contributed by atoms with van der Waals surface area (Å²) in [5.74, 6) is 0.419. The fourth-order valence-electron chi connectivity index (χ4n) is 2.20. The zero-order chi connectivity index (χ0) is 16.1. The van der Waals surface area contributed by atoms with Gasteiger partial charge < -0.3 is 5.32 Å². The molecule has 0 saturated heterocycles. The number of amides is 1. The number of hydrogen-bond donors (Lipinski definition) is 1. The molecule has 0 bridgehead atoms. The average Bonchev–Trinajstić information content (AvgIpc) is 2.49. The molecule has 0 aromatic heterocycles. The Morgan fingerprint density at radius 1 is 1.00 bits per heavy atom. The molecule has 2 rings (SSSR count). The van der Waals surface area contributed by atoms with Crippen LogP contribution in [0.1, 0.15) is 43.4 Å². The minimum Gasteiger partial charge on any atom is -0.322 e. The summed E-state index contributed by atoms with van der Waals surface area (Å²) >= 11 is 0. The second kappa shape index (κ2) is 7.08. The molecule has 22 heavy (non-hydrogen) atoms. The van der Waals surface area contributed by atoms with Crippen LogP contribution in [0, 0.1) is 0 Å². The SMILES string of the molecule is C=C(C)C(=O)Nc1ccc(Cc2ccc(C(C)C)cc2)cc1. The number of carbonyl (C=O) groups is 1.